The predicted molar refractivity (Wildman–Crippen MR) is 39.6 cm³/mol. The van der Waals surface area contributed by atoms with E-state index in [4.69, 9.17) is 10.8 Å². The van der Waals surface area contributed by atoms with Gasteiger partial charge in [-0.05, 0) is 6.42 Å². The molecule has 63 valence electrons. The average Bonchev–Trinajstić information content (AvgIpc) is 1.87. The van der Waals surface area contributed by atoms with Crippen LogP contribution in [0, 0.1) is 5.92 Å². The Balaban J connectivity index is 3.90. The Morgan fingerprint density at radius 2 is 2.00 bits per heavy atom. The van der Waals surface area contributed by atoms with Crippen molar-refractivity contribution in [2.45, 2.75) is 26.2 Å². The molecule has 0 fully saturated rings. The summed E-state index contributed by atoms with van der Waals surface area (Å²) in [6, 6.07) is 0. The number of carbonyl (C=O) groups is 2. The number of carbonyl (C=O) groups excluding carboxylic acids is 1. The molecule has 0 aliphatic rings. The molecule has 0 bridgehead atoms. The molecule has 0 aromatic carbocycles. The Morgan fingerprint density at radius 1 is 1.45 bits per heavy atom. The van der Waals surface area contributed by atoms with Gasteiger partial charge in [0.05, 0.1) is 0 Å². The third-order valence-corrected chi connectivity index (χ3v) is 1.34. The monoisotopic (exact) mass is 158 g/mol. The van der Waals surface area contributed by atoms with E-state index in [0.717, 1.165) is 6.42 Å². The number of unbranched alkanes of at least 4 members (excludes halogenated alkanes) is 1. The van der Waals surface area contributed by atoms with Crippen LogP contribution in [0.15, 0.2) is 0 Å². The lowest BCUT2D eigenvalue weighted by Gasteiger charge is -2.04. The summed E-state index contributed by atoms with van der Waals surface area (Å²) in [4.78, 5) is 20.8. The number of aliphatic carboxylic acids is 1. The molecule has 0 atom stereocenters. The molecule has 0 heterocycles. The lowest BCUT2D eigenvalue weighted by molar-refractivity contribution is -0.137. The first-order chi connectivity index (χ1) is 5.09. The smallest absolute Gasteiger partial charge is 0.320 e. The SMILES string of the molecule is CCCC[C](C(N)=O)C(=O)O. The van der Waals surface area contributed by atoms with Gasteiger partial charge < -0.3 is 10.8 Å². The molecule has 0 unspecified atom stereocenters. The van der Waals surface area contributed by atoms with Crippen LogP contribution in [0.4, 0.5) is 0 Å². The van der Waals surface area contributed by atoms with Gasteiger partial charge in [0.25, 0.3) is 0 Å². The third kappa shape index (κ3) is 3.60. The third-order valence-electron chi connectivity index (χ3n) is 1.34. The number of primary amides is 1. The number of hydrogen-bond acceptors (Lipinski definition) is 2. The summed E-state index contributed by atoms with van der Waals surface area (Å²) in [6.45, 7) is 1.92. The topological polar surface area (TPSA) is 80.4 Å². The zero-order valence-electron chi connectivity index (χ0n) is 6.46. The summed E-state index contributed by atoms with van der Waals surface area (Å²) >= 11 is 0. The molecule has 0 spiro atoms. The Kier molecular flexibility index (Phi) is 4.26. The Morgan fingerprint density at radius 3 is 2.27 bits per heavy atom. The van der Waals surface area contributed by atoms with E-state index in [9.17, 15) is 9.59 Å². The van der Waals surface area contributed by atoms with E-state index < -0.39 is 11.9 Å². The number of rotatable bonds is 5. The summed E-state index contributed by atoms with van der Waals surface area (Å²) in [5.41, 5.74) is 4.82. The van der Waals surface area contributed by atoms with E-state index in [2.05, 4.69) is 0 Å². The molecule has 1 amide bonds. The minimum Gasteiger partial charge on any atom is -0.480 e. The van der Waals surface area contributed by atoms with Gasteiger partial charge in [-0.25, -0.2) is 0 Å². The van der Waals surface area contributed by atoms with Crippen LogP contribution in [-0.2, 0) is 9.59 Å². The fourth-order valence-electron chi connectivity index (χ4n) is 0.689. The van der Waals surface area contributed by atoms with Gasteiger partial charge in [-0.2, -0.15) is 0 Å². The van der Waals surface area contributed by atoms with Gasteiger partial charge >= 0.3 is 5.97 Å². The highest BCUT2D eigenvalue weighted by molar-refractivity contribution is 6.10. The van der Waals surface area contributed by atoms with Crippen LogP contribution in [0.5, 0.6) is 0 Å². The number of hydrogen-bond donors (Lipinski definition) is 2. The van der Waals surface area contributed by atoms with Crippen LogP contribution < -0.4 is 5.73 Å². The molecule has 0 saturated carbocycles. The van der Waals surface area contributed by atoms with Crippen molar-refractivity contribution in [1.82, 2.24) is 0 Å². The molecule has 0 aliphatic carbocycles. The van der Waals surface area contributed by atoms with E-state index in [1.54, 1.807) is 0 Å². The zero-order valence-corrected chi connectivity index (χ0v) is 6.46. The summed E-state index contributed by atoms with van der Waals surface area (Å²) in [7, 11) is 0. The number of carboxylic acids is 1. The standard InChI is InChI=1S/C7H12NO3/c1-2-3-4-5(6(8)9)7(10)11/h2-4H2,1H3,(H2,8,9)(H,10,11). The van der Waals surface area contributed by atoms with Gasteiger partial charge in [-0.3, -0.25) is 9.59 Å². The van der Waals surface area contributed by atoms with Crippen molar-refractivity contribution < 1.29 is 14.7 Å². The van der Waals surface area contributed by atoms with E-state index in [-0.39, 0.29) is 12.3 Å². The maximum atomic E-state index is 10.5. The van der Waals surface area contributed by atoms with Crippen molar-refractivity contribution in [1.29, 1.82) is 0 Å². The summed E-state index contributed by atoms with van der Waals surface area (Å²) < 4.78 is 0. The molecule has 0 aliphatic heterocycles. The van der Waals surface area contributed by atoms with Gasteiger partial charge in [-0.1, -0.05) is 19.8 Å². The maximum absolute atomic E-state index is 10.5. The first kappa shape index (κ1) is 9.94. The second-order valence-corrected chi connectivity index (χ2v) is 2.25. The lowest BCUT2D eigenvalue weighted by atomic mass is 10.0. The molecule has 0 rings (SSSR count). The van der Waals surface area contributed by atoms with Crippen LogP contribution >= 0.6 is 0 Å². The predicted octanol–water partition coefficient (Wildman–Crippen LogP) is 0.321. The van der Waals surface area contributed by atoms with Crippen LogP contribution in [-0.4, -0.2) is 17.0 Å². The van der Waals surface area contributed by atoms with E-state index in [0.29, 0.717) is 6.42 Å². The number of carboxylic acid groups (broad SMARTS) is 1. The van der Waals surface area contributed by atoms with E-state index in [1.807, 2.05) is 6.92 Å². The van der Waals surface area contributed by atoms with Crippen molar-refractivity contribution in [3.05, 3.63) is 5.92 Å². The van der Waals surface area contributed by atoms with Gasteiger partial charge in [0.2, 0.25) is 5.91 Å². The molecule has 0 aromatic rings. The van der Waals surface area contributed by atoms with Crippen molar-refractivity contribution in [2.24, 2.45) is 5.73 Å². The fourth-order valence-corrected chi connectivity index (χ4v) is 0.689. The molecule has 4 heteroatoms. The highest BCUT2D eigenvalue weighted by atomic mass is 16.4. The molecule has 0 aromatic heterocycles. The minimum atomic E-state index is -1.20. The summed E-state index contributed by atoms with van der Waals surface area (Å²) in [6.07, 6.45) is 1.80. The largest absolute Gasteiger partial charge is 0.480 e. The fraction of sp³-hybridized carbons (Fsp3) is 0.571. The van der Waals surface area contributed by atoms with E-state index >= 15 is 0 Å². The molecule has 1 radical (unpaired) electrons. The van der Waals surface area contributed by atoms with E-state index in [1.165, 1.54) is 0 Å². The van der Waals surface area contributed by atoms with Crippen molar-refractivity contribution in [3.63, 3.8) is 0 Å². The van der Waals surface area contributed by atoms with Gasteiger partial charge in [0, 0.05) is 0 Å². The van der Waals surface area contributed by atoms with Gasteiger partial charge in [0.15, 0.2) is 5.92 Å². The van der Waals surface area contributed by atoms with Crippen molar-refractivity contribution in [2.75, 3.05) is 0 Å². The molecule has 11 heavy (non-hydrogen) atoms. The second-order valence-electron chi connectivity index (χ2n) is 2.25. The maximum Gasteiger partial charge on any atom is 0.320 e. The Labute approximate surface area is 65.4 Å². The van der Waals surface area contributed by atoms with Crippen LogP contribution in [0.1, 0.15) is 26.2 Å². The molecular weight excluding hydrogens is 146 g/mol. The minimum absolute atomic E-state index is 0.202. The molecule has 3 N–H and O–H groups in total. The lowest BCUT2D eigenvalue weighted by Crippen LogP contribution is -2.27. The number of nitrogens with two attached hydrogens (primary N) is 1. The highest BCUT2D eigenvalue weighted by Gasteiger charge is 2.23. The van der Waals surface area contributed by atoms with Gasteiger partial charge in [-0.15, -0.1) is 0 Å². The summed E-state index contributed by atoms with van der Waals surface area (Å²) in [5.74, 6) is -2.23. The highest BCUT2D eigenvalue weighted by Crippen LogP contribution is 2.09. The normalized spacial score (nSPS) is 10.0. The van der Waals surface area contributed by atoms with Crippen LogP contribution in [0.3, 0.4) is 0 Å². The Hall–Kier alpha value is -1.06. The van der Waals surface area contributed by atoms with Crippen molar-refractivity contribution >= 4 is 11.9 Å². The second kappa shape index (κ2) is 4.71. The van der Waals surface area contributed by atoms with Gasteiger partial charge in [0.1, 0.15) is 0 Å². The van der Waals surface area contributed by atoms with Crippen molar-refractivity contribution in [3.8, 4) is 0 Å². The average molecular weight is 158 g/mol. The molecular formula is C7H12NO3. The molecule has 4 nitrogen and oxygen atoms in total. The molecule has 0 saturated heterocycles. The number of amides is 1. The first-order valence-corrected chi connectivity index (χ1v) is 3.48. The quantitative estimate of drug-likeness (QED) is 0.565. The van der Waals surface area contributed by atoms with Crippen LogP contribution in [0.25, 0.3) is 0 Å². The van der Waals surface area contributed by atoms with Crippen LogP contribution in [0.2, 0.25) is 0 Å². The Bertz CT molecular complexity index is 142. The first-order valence-electron chi connectivity index (χ1n) is 3.48. The summed E-state index contributed by atoms with van der Waals surface area (Å²) in [5, 5.41) is 8.43. The zero-order chi connectivity index (χ0) is 8.85.